The molecule has 7 nitrogen and oxygen atoms in total. The zero-order valence-electron chi connectivity index (χ0n) is 19.7. The van der Waals surface area contributed by atoms with Crippen molar-refractivity contribution in [3.63, 3.8) is 0 Å². The minimum absolute atomic E-state index is 0.0636. The molecular weight excluding hydrogens is 424 g/mol. The summed E-state index contributed by atoms with van der Waals surface area (Å²) in [4.78, 5) is 26.7. The maximum atomic E-state index is 12.7. The number of benzene rings is 1. The van der Waals surface area contributed by atoms with Crippen LogP contribution in [0.5, 0.6) is 0 Å². The van der Waals surface area contributed by atoms with Gasteiger partial charge in [0.1, 0.15) is 0 Å². The van der Waals surface area contributed by atoms with Gasteiger partial charge in [-0.3, -0.25) is 19.7 Å². The molecule has 4 heterocycles. The lowest BCUT2D eigenvalue weighted by Crippen LogP contribution is -2.47. The zero-order valence-corrected chi connectivity index (χ0v) is 19.7. The van der Waals surface area contributed by atoms with Crippen LogP contribution < -0.4 is 15.5 Å². The summed E-state index contributed by atoms with van der Waals surface area (Å²) in [5, 5.41) is 7.71. The molecule has 2 unspecified atom stereocenters. The second-order valence-corrected chi connectivity index (χ2v) is 9.08. The van der Waals surface area contributed by atoms with Crippen molar-refractivity contribution in [1.29, 1.82) is 0 Å². The molecule has 1 amide bonds. The Labute approximate surface area is 200 Å². The highest BCUT2D eigenvalue weighted by molar-refractivity contribution is 5.90. The van der Waals surface area contributed by atoms with Gasteiger partial charge < -0.3 is 15.5 Å². The van der Waals surface area contributed by atoms with E-state index in [-0.39, 0.29) is 17.9 Å². The molecule has 0 spiro atoms. The summed E-state index contributed by atoms with van der Waals surface area (Å²) in [5.41, 5.74) is 4.12. The second kappa shape index (κ2) is 10.2. The molecule has 3 aromatic rings. The Morgan fingerprint density at radius 3 is 2.68 bits per heavy atom. The molecule has 34 heavy (non-hydrogen) atoms. The van der Waals surface area contributed by atoms with Gasteiger partial charge in [-0.15, -0.1) is 0 Å². The van der Waals surface area contributed by atoms with Crippen LogP contribution in [-0.4, -0.2) is 66.1 Å². The fourth-order valence-corrected chi connectivity index (χ4v) is 4.88. The van der Waals surface area contributed by atoms with Gasteiger partial charge in [0.2, 0.25) is 5.91 Å². The molecule has 5 rings (SSSR count). The van der Waals surface area contributed by atoms with E-state index in [1.807, 2.05) is 43.5 Å². The molecule has 0 saturated carbocycles. The van der Waals surface area contributed by atoms with Gasteiger partial charge in [-0.05, 0) is 50.2 Å². The standard InChI is InChI=1S/C27H32N6O/c1-20-22(19-24(31-20)23-9-2-3-11-28-23)27(34)30-13-6-14-32-15-17-33(18-16-32)25-10-4-7-21-8-5-12-29-26(21)25/h2-5,7-12,19-20,22,31H,6,13-18H2,1H3,(H,30,34). The largest absolute Gasteiger partial charge is 0.380 e. The molecule has 1 saturated heterocycles. The van der Waals surface area contributed by atoms with E-state index in [1.165, 1.54) is 11.1 Å². The number of aromatic nitrogens is 2. The van der Waals surface area contributed by atoms with E-state index < -0.39 is 0 Å². The Morgan fingerprint density at radius 1 is 1.03 bits per heavy atom. The quantitative estimate of drug-likeness (QED) is 0.533. The van der Waals surface area contributed by atoms with Crippen LogP contribution in [0.4, 0.5) is 5.69 Å². The van der Waals surface area contributed by atoms with Gasteiger partial charge in [-0.25, -0.2) is 0 Å². The van der Waals surface area contributed by atoms with Crippen molar-refractivity contribution in [2.24, 2.45) is 5.92 Å². The molecule has 2 aliphatic heterocycles. The van der Waals surface area contributed by atoms with Crippen LogP contribution in [0.15, 0.2) is 67.0 Å². The molecule has 0 bridgehead atoms. The van der Waals surface area contributed by atoms with Gasteiger partial charge >= 0.3 is 0 Å². The SMILES string of the molecule is CC1NC(c2ccccn2)=CC1C(=O)NCCCN1CCN(c2cccc3cccnc23)CC1. The van der Waals surface area contributed by atoms with Crippen LogP contribution in [0.25, 0.3) is 16.6 Å². The summed E-state index contributed by atoms with van der Waals surface area (Å²) in [6, 6.07) is 16.4. The molecule has 2 N–H and O–H groups in total. The van der Waals surface area contributed by atoms with E-state index in [1.54, 1.807) is 6.20 Å². The lowest BCUT2D eigenvalue weighted by molar-refractivity contribution is -0.123. The van der Waals surface area contributed by atoms with E-state index in [0.29, 0.717) is 6.54 Å². The summed E-state index contributed by atoms with van der Waals surface area (Å²) in [7, 11) is 0. The van der Waals surface area contributed by atoms with Gasteiger partial charge in [0, 0.05) is 56.5 Å². The third-order valence-corrected chi connectivity index (χ3v) is 6.79. The first-order valence-electron chi connectivity index (χ1n) is 12.2. The number of nitrogens with one attached hydrogen (secondary N) is 2. The number of rotatable bonds is 7. The summed E-state index contributed by atoms with van der Waals surface area (Å²) in [6.07, 6.45) is 6.60. The average Bonchev–Trinajstić information content (AvgIpc) is 3.29. The number of nitrogens with zero attached hydrogens (tertiary/aromatic N) is 4. The molecule has 0 radical (unpaired) electrons. The predicted molar refractivity (Wildman–Crippen MR) is 136 cm³/mol. The Balaban J connectivity index is 1.06. The van der Waals surface area contributed by atoms with Gasteiger partial charge in [0.05, 0.1) is 28.5 Å². The van der Waals surface area contributed by atoms with Crippen molar-refractivity contribution in [2.75, 3.05) is 44.2 Å². The van der Waals surface area contributed by atoms with Crippen molar-refractivity contribution < 1.29 is 4.79 Å². The van der Waals surface area contributed by atoms with Gasteiger partial charge in [-0.1, -0.05) is 24.3 Å². The Morgan fingerprint density at radius 2 is 1.85 bits per heavy atom. The molecule has 2 aliphatic rings. The van der Waals surface area contributed by atoms with E-state index in [0.717, 1.165) is 56.1 Å². The average molecular weight is 457 g/mol. The number of amides is 1. The van der Waals surface area contributed by atoms with Crippen molar-refractivity contribution in [2.45, 2.75) is 19.4 Å². The van der Waals surface area contributed by atoms with E-state index >= 15 is 0 Å². The smallest absolute Gasteiger partial charge is 0.229 e. The molecule has 1 aromatic carbocycles. The van der Waals surface area contributed by atoms with Crippen LogP contribution in [0.3, 0.4) is 0 Å². The number of fused-ring (bicyclic) bond motifs is 1. The topological polar surface area (TPSA) is 73.4 Å². The van der Waals surface area contributed by atoms with Gasteiger partial charge in [0.25, 0.3) is 0 Å². The van der Waals surface area contributed by atoms with Crippen LogP contribution in [0.2, 0.25) is 0 Å². The Bertz CT molecular complexity index is 1150. The minimum Gasteiger partial charge on any atom is -0.380 e. The van der Waals surface area contributed by atoms with Crippen LogP contribution in [0.1, 0.15) is 19.0 Å². The van der Waals surface area contributed by atoms with E-state index in [4.69, 9.17) is 0 Å². The normalized spacial score (nSPS) is 20.7. The highest BCUT2D eigenvalue weighted by Crippen LogP contribution is 2.26. The van der Waals surface area contributed by atoms with Crippen molar-refractivity contribution in [1.82, 2.24) is 25.5 Å². The zero-order chi connectivity index (χ0) is 23.3. The van der Waals surface area contributed by atoms with E-state index in [2.05, 4.69) is 54.7 Å². The Kier molecular flexibility index (Phi) is 6.72. The predicted octanol–water partition coefficient (Wildman–Crippen LogP) is 2.91. The monoisotopic (exact) mass is 456 g/mol. The first kappa shape index (κ1) is 22.3. The molecular formula is C27H32N6O. The number of hydrogen-bond donors (Lipinski definition) is 2. The fraction of sp³-hybridized carbons (Fsp3) is 0.370. The molecule has 1 fully saturated rings. The van der Waals surface area contributed by atoms with Crippen LogP contribution in [-0.2, 0) is 4.79 Å². The first-order valence-corrected chi connectivity index (χ1v) is 12.2. The molecule has 0 aliphatic carbocycles. The summed E-state index contributed by atoms with van der Waals surface area (Å²) in [6.45, 7) is 7.77. The summed E-state index contributed by atoms with van der Waals surface area (Å²) in [5.74, 6) is -0.0888. The maximum absolute atomic E-state index is 12.7. The third-order valence-electron chi connectivity index (χ3n) is 6.79. The summed E-state index contributed by atoms with van der Waals surface area (Å²) >= 11 is 0. The number of pyridine rings is 2. The van der Waals surface area contributed by atoms with Crippen molar-refractivity contribution >= 4 is 28.2 Å². The molecule has 2 atom stereocenters. The Hall–Kier alpha value is -3.45. The van der Waals surface area contributed by atoms with Crippen molar-refractivity contribution in [3.8, 4) is 0 Å². The highest BCUT2D eigenvalue weighted by atomic mass is 16.1. The number of carbonyl (C=O) groups is 1. The number of anilines is 1. The minimum atomic E-state index is -0.171. The number of piperazine rings is 1. The number of hydrogen-bond acceptors (Lipinski definition) is 6. The molecule has 176 valence electrons. The molecule has 2 aromatic heterocycles. The number of para-hydroxylation sites is 1. The third kappa shape index (κ3) is 4.89. The highest BCUT2D eigenvalue weighted by Gasteiger charge is 2.30. The fourth-order valence-electron chi connectivity index (χ4n) is 4.88. The van der Waals surface area contributed by atoms with Gasteiger partial charge in [0.15, 0.2) is 0 Å². The maximum Gasteiger partial charge on any atom is 0.229 e. The lowest BCUT2D eigenvalue weighted by Gasteiger charge is -2.36. The van der Waals surface area contributed by atoms with Crippen molar-refractivity contribution in [3.05, 3.63) is 72.7 Å². The summed E-state index contributed by atoms with van der Waals surface area (Å²) < 4.78 is 0. The van der Waals surface area contributed by atoms with Crippen LogP contribution in [0, 0.1) is 5.92 Å². The molecule has 7 heteroatoms. The lowest BCUT2D eigenvalue weighted by atomic mass is 10.0. The van der Waals surface area contributed by atoms with E-state index in [9.17, 15) is 4.79 Å². The number of carbonyl (C=O) groups excluding carboxylic acids is 1. The second-order valence-electron chi connectivity index (χ2n) is 9.08. The first-order chi connectivity index (χ1) is 16.7. The van der Waals surface area contributed by atoms with Crippen LogP contribution >= 0.6 is 0 Å². The van der Waals surface area contributed by atoms with Gasteiger partial charge in [-0.2, -0.15) is 0 Å².